The molecule has 0 saturated heterocycles. The third-order valence-electron chi connectivity index (χ3n) is 2.98. The molecule has 0 aliphatic rings. The summed E-state index contributed by atoms with van der Waals surface area (Å²) < 4.78 is 5.39. The minimum atomic E-state index is -0.153. The maximum atomic E-state index is 9.05. The largest absolute Gasteiger partial charge is 0.494 e. The van der Waals surface area contributed by atoms with Gasteiger partial charge in [0, 0.05) is 18.6 Å². The van der Waals surface area contributed by atoms with Crippen LogP contribution in [0.2, 0.25) is 0 Å². The van der Waals surface area contributed by atoms with E-state index >= 15 is 0 Å². The molecule has 0 radical (unpaired) electrons. The summed E-state index contributed by atoms with van der Waals surface area (Å²) in [6.45, 7) is 5.38. The van der Waals surface area contributed by atoms with E-state index in [2.05, 4.69) is 6.92 Å². The molecule has 3 heteroatoms. The van der Waals surface area contributed by atoms with Crippen LogP contribution in [0.25, 0.3) is 0 Å². The van der Waals surface area contributed by atoms with Gasteiger partial charge in [0.05, 0.1) is 6.61 Å². The number of aliphatic hydroxyl groups is 1. The van der Waals surface area contributed by atoms with Crippen LogP contribution in [0.1, 0.15) is 25.8 Å². The van der Waals surface area contributed by atoms with Crippen LogP contribution in [0.15, 0.2) is 24.3 Å². The average molecular weight is 223 g/mol. The Morgan fingerprint density at radius 3 is 2.38 bits per heavy atom. The smallest absolute Gasteiger partial charge is 0.119 e. The lowest BCUT2D eigenvalue weighted by molar-refractivity contribution is 0.247. The molecule has 3 N–H and O–H groups in total. The maximum Gasteiger partial charge on any atom is 0.119 e. The first-order valence-electron chi connectivity index (χ1n) is 5.70. The van der Waals surface area contributed by atoms with Gasteiger partial charge in [-0.2, -0.15) is 0 Å². The summed E-state index contributed by atoms with van der Waals surface area (Å²) in [5.41, 5.74) is 6.77. The molecule has 0 bridgehead atoms. The molecule has 1 atom stereocenters. The number of benzene rings is 1. The molecule has 1 aromatic rings. The summed E-state index contributed by atoms with van der Waals surface area (Å²) >= 11 is 0. The van der Waals surface area contributed by atoms with E-state index in [0.717, 1.165) is 11.3 Å². The molecule has 0 aromatic heterocycles. The van der Waals surface area contributed by atoms with Gasteiger partial charge in [-0.05, 0) is 31.0 Å². The van der Waals surface area contributed by atoms with Gasteiger partial charge in [-0.3, -0.25) is 0 Å². The molecule has 0 saturated carbocycles. The molecule has 3 nitrogen and oxygen atoms in total. The first-order valence-corrected chi connectivity index (χ1v) is 5.70. The molecule has 1 unspecified atom stereocenters. The summed E-state index contributed by atoms with van der Waals surface area (Å²) in [5.74, 6) is 0.870. The Morgan fingerprint density at radius 2 is 1.94 bits per heavy atom. The molecule has 0 aliphatic heterocycles. The molecule has 0 heterocycles. The monoisotopic (exact) mass is 223 g/mol. The Hall–Kier alpha value is -1.06. The summed E-state index contributed by atoms with van der Waals surface area (Å²) in [6, 6.07) is 7.94. The Bertz CT molecular complexity index is 310. The van der Waals surface area contributed by atoms with Crippen molar-refractivity contribution in [2.24, 2.45) is 5.73 Å². The highest BCUT2D eigenvalue weighted by atomic mass is 16.5. The second-order valence-corrected chi connectivity index (χ2v) is 4.20. The van der Waals surface area contributed by atoms with Gasteiger partial charge in [0.2, 0.25) is 0 Å². The molecule has 1 aromatic carbocycles. The third-order valence-corrected chi connectivity index (χ3v) is 2.98. The number of ether oxygens (including phenoxy) is 1. The minimum absolute atomic E-state index is 0.153. The first kappa shape index (κ1) is 13.0. The van der Waals surface area contributed by atoms with E-state index in [-0.39, 0.29) is 12.0 Å². The van der Waals surface area contributed by atoms with Crippen LogP contribution in [0.5, 0.6) is 5.75 Å². The van der Waals surface area contributed by atoms with Crippen LogP contribution in [-0.2, 0) is 5.41 Å². The van der Waals surface area contributed by atoms with Crippen LogP contribution in [0, 0.1) is 0 Å². The zero-order valence-electron chi connectivity index (χ0n) is 10.1. The molecular formula is C13H21NO2. The maximum absolute atomic E-state index is 9.05. The molecule has 0 amide bonds. The fourth-order valence-electron chi connectivity index (χ4n) is 1.73. The standard InChI is InChI=1S/C13H21NO2/c1-3-16-12-6-4-11(5-7-12)13(2,10-14)8-9-15/h4-7,15H,3,8-10,14H2,1-2H3. The number of rotatable bonds is 6. The highest BCUT2D eigenvalue weighted by Crippen LogP contribution is 2.27. The second kappa shape index (κ2) is 5.87. The van der Waals surface area contributed by atoms with Crippen molar-refractivity contribution in [3.63, 3.8) is 0 Å². The van der Waals surface area contributed by atoms with E-state index in [1.165, 1.54) is 0 Å². The van der Waals surface area contributed by atoms with Crippen LogP contribution in [-0.4, -0.2) is 24.9 Å². The summed E-state index contributed by atoms with van der Waals surface area (Å²) in [5, 5.41) is 9.05. The SMILES string of the molecule is CCOc1ccc(C(C)(CN)CCO)cc1. The highest BCUT2D eigenvalue weighted by molar-refractivity contribution is 5.32. The number of nitrogens with two attached hydrogens (primary N) is 1. The normalized spacial score (nSPS) is 14.5. The Labute approximate surface area is 97.2 Å². The van der Waals surface area contributed by atoms with Gasteiger partial charge in [-0.25, -0.2) is 0 Å². The second-order valence-electron chi connectivity index (χ2n) is 4.20. The zero-order valence-corrected chi connectivity index (χ0v) is 10.1. The molecule has 16 heavy (non-hydrogen) atoms. The predicted octanol–water partition coefficient (Wildman–Crippen LogP) is 1.68. The van der Waals surface area contributed by atoms with Crippen molar-refractivity contribution in [3.8, 4) is 5.75 Å². The van der Waals surface area contributed by atoms with Gasteiger partial charge in [-0.1, -0.05) is 19.1 Å². The lowest BCUT2D eigenvalue weighted by Crippen LogP contribution is -2.32. The molecule has 90 valence electrons. The molecular weight excluding hydrogens is 202 g/mol. The quantitative estimate of drug-likeness (QED) is 0.771. The van der Waals surface area contributed by atoms with E-state index < -0.39 is 0 Å². The van der Waals surface area contributed by atoms with Crippen molar-refractivity contribution in [1.29, 1.82) is 0 Å². The van der Waals surface area contributed by atoms with Crippen molar-refractivity contribution in [2.45, 2.75) is 25.7 Å². The van der Waals surface area contributed by atoms with Crippen LogP contribution >= 0.6 is 0 Å². The summed E-state index contributed by atoms with van der Waals surface area (Å²) in [6.07, 6.45) is 0.678. The first-order chi connectivity index (χ1) is 7.66. The topological polar surface area (TPSA) is 55.5 Å². The minimum Gasteiger partial charge on any atom is -0.494 e. The van der Waals surface area contributed by atoms with E-state index in [1.807, 2.05) is 31.2 Å². The van der Waals surface area contributed by atoms with Gasteiger partial charge in [0.25, 0.3) is 0 Å². The van der Waals surface area contributed by atoms with Gasteiger partial charge in [0.15, 0.2) is 0 Å². The van der Waals surface area contributed by atoms with E-state index in [9.17, 15) is 0 Å². The Morgan fingerprint density at radius 1 is 1.31 bits per heavy atom. The molecule has 0 spiro atoms. The zero-order chi connectivity index (χ0) is 12.0. The predicted molar refractivity (Wildman–Crippen MR) is 65.7 cm³/mol. The third kappa shape index (κ3) is 2.97. The number of aliphatic hydroxyl groups excluding tert-OH is 1. The number of hydrogen-bond acceptors (Lipinski definition) is 3. The van der Waals surface area contributed by atoms with Gasteiger partial charge in [-0.15, -0.1) is 0 Å². The van der Waals surface area contributed by atoms with Crippen molar-refractivity contribution in [3.05, 3.63) is 29.8 Å². The lowest BCUT2D eigenvalue weighted by atomic mass is 9.80. The Balaban J connectivity index is 2.85. The van der Waals surface area contributed by atoms with E-state index in [1.54, 1.807) is 0 Å². The number of hydrogen-bond donors (Lipinski definition) is 2. The molecule has 0 fully saturated rings. The fraction of sp³-hybridized carbons (Fsp3) is 0.538. The van der Waals surface area contributed by atoms with Crippen molar-refractivity contribution < 1.29 is 9.84 Å². The van der Waals surface area contributed by atoms with Gasteiger partial charge >= 0.3 is 0 Å². The van der Waals surface area contributed by atoms with Crippen molar-refractivity contribution >= 4 is 0 Å². The Kier molecular flexibility index (Phi) is 4.77. The molecule has 1 rings (SSSR count). The van der Waals surface area contributed by atoms with E-state index in [0.29, 0.717) is 19.6 Å². The van der Waals surface area contributed by atoms with Crippen LogP contribution in [0.4, 0.5) is 0 Å². The van der Waals surface area contributed by atoms with Crippen LogP contribution < -0.4 is 10.5 Å². The van der Waals surface area contributed by atoms with Gasteiger partial charge in [0.1, 0.15) is 5.75 Å². The van der Waals surface area contributed by atoms with Crippen molar-refractivity contribution in [2.75, 3.05) is 19.8 Å². The van der Waals surface area contributed by atoms with Crippen LogP contribution in [0.3, 0.4) is 0 Å². The van der Waals surface area contributed by atoms with E-state index in [4.69, 9.17) is 15.6 Å². The average Bonchev–Trinajstić information content (AvgIpc) is 2.30. The van der Waals surface area contributed by atoms with Gasteiger partial charge < -0.3 is 15.6 Å². The van der Waals surface area contributed by atoms with Crippen molar-refractivity contribution in [1.82, 2.24) is 0 Å². The summed E-state index contributed by atoms with van der Waals surface area (Å²) in [4.78, 5) is 0. The fourth-order valence-corrected chi connectivity index (χ4v) is 1.73. The lowest BCUT2D eigenvalue weighted by Gasteiger charge is -2.27. The summed E-state index contributed by atoms with van der Waals surface area (Å²) in [7, 11) is 0. The molecule has 0 aliphatic carbocycles. The highest BCUT2D eigenvalue weighted by Gasteiger charge is 2.24.